The Hall–Kier alpha value is -0.240. The van der Waals surface area contributed by atoms with Gasteiger partial charge in [0.2, 0.25) is 0 Å². The summed E-state index contributed by atoms with van der Waals surface area (Å²) in [6, 6.07) is 6.59. The molecular formula is C17H25Cl2N. The molecule has 2 rings (SSSR count). The zero-order valence-corrected chi connectivity index (χ0v) is 14.0. The average molecular weight is 314 g/mol. The number of hydrogen-bond donors (Lipinski definition) is 1. The standard InChI is InChI=1S/C17H25Cl2N/c1-3-12-5-7-14(9-12)17(20-4-2)11-13-6-8-15(18)16(19)10-13/h6,8,10,12,14,17,20H,3-5,7,9,11H2,1-2H3. The number of likely N-dealkylation sites (N-methyl/N-ethyl adjacent to an activating group) is 1. The van der Waals surface area contributed by atoms with Gasteiger partial charge in [0.15, 0.2) is 0 Å². The first kappa shape index (κ1) is 16.1. The lowest BCUT2D eigenvalue weighted by Gasteiger charge is -2.25. The van der Waals surface area contributed by atoms with Gasteiger partial charge in [0.1, 0.15) is 0 Å². The molecule has 1 nitrogen and oxygen atoms in total. The van der Waals surface area contributed by atoms with Crippen molar-refractivity contribution < 1.29 is 0 Å². The predicted molar refractivity (Wildman–Crippen MR) is 88.8 cm³/mol. The van der Waals surface area contributed by atoms with Gasteiger partial charge in [0.25, 0.3) is 0 Å². The van der Waals surface area contributed by atoms with E-state index in [0.29, 0.717) is 16.1 Å². The number of hydrogen-bond acceptors (Lipinski definition) is 1. The zero-order valence-electron chi connectivity index (χ0n) is 12.5. The third-order valence-electron chi connectivity index (χ3n) is 4.63. The molecule has 3 unspecified atom stereocenters. The van der Waals surface area contributed by atoms with E-state index in [4.69, 9.17) is 23.2 Å². The molecule has 3 heteroatoms. The fourth-order valence-electron chi connectivity index (χ4n) is 3.44. The lowest BCUT2D eigenvalue weighted by Crippen LogP contribution is -2.37. The third kappa shape index (κ3) is 4.13. The summed E-state index contributed by atoms with van der Waals surface area (Å²) in [5.41, 5.74) is 1.28. The van der Waals surface area contributed by atoms with Gasteiger partial charge in [-0.2, -0.15) is 0 Å². The summed E-state index contributed by atoms with van der Waals surface area (Å²) in [6.07, 6.45) is 6.49. The predicted octanol–water partition coefficient (Wildman–Crippen LogP) is 5.34. The Morgan fingerprint density at radius 3 is 2.60 bits per heavy atom. The maximum Gasteiger partial charge on any atom is 0.0595 e. The molecule has 1 fully saturated rings. The van der Waals surface area contributed by atoms with Gasteiger partial charge < -0.3 is 5.32 Å². The largest absolute Gasteiger partial charge is 0.314 e. The molecule has 0 heterocycles. The van der Waals surface area contributed by atoms with Crippen LogP contribution in [0.4, 0.5) is 0 Å². The molecule has 1 aliphatic carbocycles. The first-order valence-corrected chi connectivity index (χ1v) is 8.56. The molecule has 112 valence electrons. The van der Waals surface area contributed by atoms with Crippen LogP contribution in [0, 0.1) is 11.8 Å². The third-order valence-corrected chi connectivity index (χ3v) is 5.37. The number of nitrogens with one attached hydrogen (secondary N) is 1. The minimum absolute atomic E-state index is 0.564. The SMILES string of the molecule is CCNC(Cc1ccc(Cl)c(Cl)c1)C1CCC(CC)C1. The van der Waals surface area contributed by atoms with Gasteiger partial charge >= 0.3 is 0 Å². The lowest BCUT2D eigenvalue weighted by molar-refractivity contribution is 0.349. The highest BCUT2D eigenvalue weighted by molar-refractivity contribution is 6.42. The van der Waals surface area contributed by atoms with E-state index in [1.54, 1.807) is 0 Å². The molecule has 0 bridgehead atoms. The van der Waals surface area contributed by atoms with E-state index in [-0.39, 0.29) is 0 Å². The van der Waals surface area contributed by atoms with Gasteiger partial charge in [-0.3, -0.25) is 0 Å². The maximum absolute atomic E-state index is 6.13. The molecule has 1 saturated carbocycles. The highest BCUT2D eigenvalue weighted by atomic mass is 35.5. The fourth-order valence-corrected chi connectivity index (χ4v) is 3.76. The van der Waals surface area contributed by atoms with Crippen molar-refractivity contribution in [2.24, 2.45) is 11.8 Å². The number of rotatable bonds is 6. The Balaban J connectivity index is 2.03. The summed E-state index contributed by atoms with van der Waals surface area (Å²) in [5.74, 6) is 1.73. The summed E-state index contributed by atoms with van der Waals surface area (Å²) in [5, 5.41) is 4.98. The van der Waals surface area contributed by atoms with E-state index in [1.807, 2.05) is 12.1 Å². The Morgan fingerprint density at radius 1 is 1.20 bits per heavy atom. The van der Waals surface area contributed by atoms with Crippen molar-refractivity contribution in [3.8, 4) is 0 Å². The Labute approximate surface area is 133 Å². The van der Waals surface area contributed by atoms with Gasteiger partial charge in [0, 0.05) is 6.04 Å². The van der Waals surface area contributed by atoms with Crippen molar-refractivity contribution in [3.05, 3.63) is 33.8 Å². The first-order valence-electron chi connectivity index (χ1n) is 7.81. The van der Waals surface area contributed by atoms with Crippen molar-refractivity contribution >= 4 is 23.2 Å². The number of benzene rings is 1. The molecular weight excluding hydrogens is 289 g/mol. The highest BCUT2D eigenvalue weighted by Crippen LogP contribution is 2.36. The van der Waals surface area contributed by atoms with E-state index < -0.39 is 0 Å². The molecule has 0 spiro atoms. The molecule has 0 saturated heterocycles. The topological polar surface area (TPSA) is 12.0 Å². The molecule has 0 amide bonds. The van der Waals surface area contributed by atoms with E-state index in [0.717, 1.165) is 24.8 Å². The van der Waals surface area contributed by atoms with Crippen LogP contribution in [-0.2, 0) is 6.42 Å². The summed E-state index contributed by atoms with van der Waals surface area (Å²) >= 11 is 12.1. The monoisotopic (exact) mass is 313 g/mol. The fraction of sp³-hybridized carbons (Fsp3) is 0.647. The normalized spacial score (nSPS) is 24.0. The van der Waals surface area contributed by atoms with E-state index in [2.05, 4.69) is 25.2 Å². The molecule has 1 aromatic rings. The van der Waals surface area contributed by atoms with Crippen molar-refractivity contribution in [1.82, 2.24) is 5.32 Å². The smallest absolute Gasteiger partial charge is 0.0595 e. The Morgan fingerprint density at radius 2 is 2.00 bits per heavy atom. The molecule has 1 aromatic carbocycles. The summed E-state index contributed by atoms with van der Waals surface area (Å²) in [6.45, 7) is 5.53. The van der Waals surface area contributed by atoms with Crippen LogP contribution >= 0.6 is 23.2 Å². The second-order valence-electron chi connectivity index (χ2n) is 5.96. The summed E-state index contributed by atoms with van der Waals surface area (Å²) in [7, 11) is 0. The first-order chi connectivity index (χ1) is 9.63. The van der Waals surface area contributed by atoms with Crippen LogP contribution in [0.3, 0.4) is 0 Å². The summed E-state index contributed by atoms with van der Waals surface area (Å²) in [4.78, 5) is 0. The minimum atomic E-state index is 0.564. The van der Waals surface area contributed by atoms with Crippen LogP contribution in [0.25, 0.3) is 0 Å². The number of halogens is 2. The Bertz CT molecular complexity index is 433. The van der Waals surface area contributed by atoms with Crippen molar-refractivity contribution in [2.75, 3.05) is 6.54 Å². The van der Waals surface area contributed by atoms with Crippen molar-refractivity contribution in [1.29, 1.82) is 0 Å². The minimum Gasteiger partial charge on any atom is -0.314 e. The van der Waals surface area contributed by atoms with Crippen LogP contribution in [0.2, 0.25) is 10.0 Å². The van der Waals surface area contributed by atoms with Crippen LogP contribution in [0.15, 0.2) is 18.2 Å². The van der Waals surface area contributed by atoms with Gasteiger partial charge in [-0.1, -0.05) is 56.0 Å². The zero-order chi connectivity index (χ0) is 14.5. The molecule has 0 aromatic heterocycles. The quantitative estimate of drug-likeness (QED) is 0.747. The van der Waals surface area contributed by atoms with E-state index in [1.165, 1.54) is 31.2 Å². The molecule has 1 N–H and O–H groups in total. The maximum atomic E-state index is 6.13. The lowest BCUT2D eigenvalue weighted by atomic mass is 9.91. The van der Waals surface area contributed by atoms with Gasteiger partial charge in [-0.15, -0.1) is 0 Å². The molecule has 1 aliphatic rings. The van der Waals surface area contributed by atoms with Gasteiger partial charge in [-0.05, 0) is 55.3 Å². The molecule has 3 atom stereocenters. The second-order valence-corrected chi connectivity index (χ2v) is 6.78. The van der Waals surface area contributed by atoms with Crippen LogP contribution in [-0.4, -0.2) is 12.6 Å². The van der Waals surface area contributed by atoms with Crippen LogP contribution in [0.5, 0.6) is 0 Å². The second kappa shape index (κ2) is 7.68. The molecule has 0 aliphatic heterocycles. The van der Waals surface area contributed by atoms with Crippen LogP contribution < -0.4 is 5.32 Å². The Kier molecular flexibility index (Phi) is 6.20. The summed E-state index contributed by atoms with van der Waals surface area (Å²) < 4.78 is 0. The molecule has 0 radical (unpaired) electrons. The highest BCUT2D eigenvalue weighted by Gasteiger charge is 2.29. The van der Waals surface area contributed by atoms with Gasteiger partial charge in [0.05, 0.1) is 10.0 Å². The van der Waals surface area contributed by atoms with Crippen molar-refractivity contribution in [2.45, 2.75) is 52.0 Å². The van der Waals surface area contributed by atoms with Crippen molar-refractivity contribution in [3.63, 3.8) is 0 Å². The van der Waals surface area contributed by atoms with E-state index >= 15 is 0 Å². The van der Waals surface area contributed by atoms with E-state index in [9.17, 15) is 0 Å². The molecule has 20 heavy (non-hydrogen) atoms. The average Bonchev–Trinajstić information content (AvgIpc) is 2.91. The van der Waals surface area contributed by atoms with Crippen LogP contribution in [0.1, 0.15) is 45.1 Å². The van der Waals surface area contributed by atoms with Gasteiger partial charge in [-0.25, -0.2) is 0 Å².